The van der Waals surface area contributed by atoms with Crippen molar-refractivity contribution in [3.8, 4) is 0 Å². The maximum Gasteiger partial charge on any atom is 0.270 e. The molecule has 7 heteroatoms. The monoisotopic (exact) mass is 373 g/mol. The zero-order chi connectivity index (χ0) is 18.5. The Hall–Kier alpha value is -2.60. The van der Waals surface area contributed by atoms with Crippen molar-refractivity contribution in [2.45, 2.75) is 25.8 Å². The van der Waals surface area contributed by atoms with Gasteiger partial charge in [-0.15, -0.1) is 0 Å². The molecule has 2 aromatic rings. The fourth-order valence-electron chi connectivity index (χ4n) is 3.06. The van der Waals surface area contributed by atoms with E-state index in [1.54, 1.807) is 0 Å². The van der Waals surface area contributed by atoms with Crippen LogP contribution in [0.15, 0.2) is 42.5 Å². The summed E-state index contributed by atoms with van der Waals surface area (Å²) in [6, 6.07) is 12.0. The summed E-state index contributed by atoms with van der Waals surface area (Å²) in [7, 11) is 0. The highest BCUT2D eigenvalue weighted by Gasteiger charge is 2.15. The molecular weight excluding hydrogens is 354 g/mol. The van der Waals surface area contributed by atoms with Crippen molar-refractivity contribution in [3.05, 3.63) is 68.7 Å². The van der Waals surface area contributed by atoms with E-state index in [4.69, 9.17) is 11.6 Å². The first-order chi connectivity index (χ1) is 12.5. The van der Waals surface area contributed by atoms with E-state index in [-0.39, 0.29) is 22.2 Å². The maximum absolute atomic E-state index is 12.3. The van der Waals surface area contributed by atoms with Crippen LogP contribution in [0.25, 0.3) is 0 Å². The molecule has 0 aromatic heterocycles. The summed E-state index contributed by atoms with van der Waals surface area (Å²) in [5.74, 6) is -0.356. The van der Waals surface area contributed by atoms with Gasteiger partial charge in [0.2, 0.25) is 0 Å². The number of nitro benzene ring substituents is 1. The first-order valence-electron chi connectivity index (χ1n) is 8.60. The molecule has 1 aliphatic heterocycles. The fraction of sp³-hybridized carbons (Fsp3) is 0.316. The standard InChI is InChI=1S/C19H20ClN3O3/c20-18-12-16(23(25)26)8-9-17(18)19(24)21-13-14-4-6-15(7-5-14)22-10-2-1-3-11-22/h4-9,12H,1-3,10-11,13H2,(H,21,24). The van der Waals surface area contributed by atoms with Crippen LogP contribution in [0.4, 0.5) is 11.4 Å². The first kappa shape index (κ1) is 18.2. The van der Waals surface area contributed by atoms with E-state index in [0.717, 1.165) is 18.7 Å². The Morgan fingerprint density at radius 2 is 1.81 bits per heavy atom. The van der Waals surface area contributed by atoms with Crippen LogP contribution in [0.3, 0.4) is 0 Å². The molecule has 1 amide bonds. The number of anilines is 1. The van der Waals surface area contributed by atoms with Gasteiger partial charge in [-0.05, 0) is 43.0 Å². The second kappa shape index (κ2) is 8.19. The van der Waals surface area contributed by atoms with E-state index in [0.29, 0.717) is 6.54 Å². The predicted molar refractivity (Wildman–Crippen MR) is 102 cm³/mol. The molecule has 1 fully saturated rings. The van der Waals surface area contributed by atoms with Gasteiger partial charge >= 0.3 is 0 Å². The van der Waals surface area contributed by atoms with Gasteiger partial charge < -0.3 is 10.2 Å². The molecule has 1 aliphatic rings. The molecule has 6 nitrogen and oxygen atoms in total. The second-order valence-electron chi connectivity index (χ2n) is 6.32. The third-order valence-electron chi connectivity index (χ3n) is 4.52. The molecule has 0 saturated carbocycles. The van der Waals surface area contributed by atoms with E-state index in [9.17, 15) is 14.9 Å². The quantitative estimate of drug-likeness (QED) is 0.630. The Labute approximate surface area is 156 Å². The zero-order valence-corrected chi connectivity index (χ0v) is 15.0. The Kier molecular flexibility index (Phi) is 5.73. The summed E-state index contributed by atoms with van der Waals surface area (Å²) >= 11 is 5.99. The molecule has 0 unspecified atom stereocenters. The lowest BCUT2D eigenvalue weighted by Crippen LogP contribution is -2.29. The number of carbonyl (C=O) groups excluding carboxylic acids is 1. The van der Waals surface area contributed by atoms with E-state index in [1.165, 1.54) is 43.1 Å². The minimum atomic E-state index is -0.544. The molecule has 3 rings (SSSR count). The Balaban J connectivity index is 1.60. The number of nitrogens with zero attached hydrogens (tertiary/aromatic N) is 2. The van der Waals surface area contributed by atoms with E-state index in [1.807, 2.05) is 12.1 Å². The minimum absolute atomic E-state index is 0.0668. The van der Waals surface area contributed by atoms with Crippen molar-refractivity contribution >= 4 is 28.9 Å². The number of benzene rings is 2. The molecule has 1 heterocycles. The molecule has 2 aromatic carbocycles. The molecule has 1 N–H and O–H groups in total. The van der Waals surface area contributed by atoms with Gasteiger partial charge in [-0.3, -0.25) is 14.9 Å². The Bertz CT molecular complexity index is 802. The zero-order valence-electron chi connectivity index (χ0n) is 14.3. The molecule has 0 radical (unpaired) electrons. The molecule has 0 spiro atoms. The lowest BCUT2D eigenvalue weighted by molar-refractivity contribution is -0.384. The van der Waals surface area contributed by atoms with Crippen LogP contribution in [0, 0.1) is 10.1 Å². The van der Waals surface area contributed by atoms with Crippen LogP contribution in [0.5, 0.6) is 0 Å². The number of non-ortho nitro benzene ring substituents is 1. The van der Waals surface area contributed by atoms with Crippen molar-refractivity contribution in [2.75, 3.05) is 18.0 Å². The Morgan fingerprint density at radius 1 is 1.12 bits per heavy atom. The van der Waals surface area contributed by atoms with Crippen molar-refractivity contribution in [1.82, 2.24) is 5.32 Å². The van der Waals surface area contributed by atoms with Crippen LogP contribution >= 0.6 is 11.6 Å². The average molecular weight is 374 g/mol. The lowest BCUT2D eigenvalue weighted by atomic mass is 10.1. The largest absolute Gasteiger partial charge is 0.372 e. The summed E-state index contributed by atoms with van der Waals surface area (Å²) in [5, 5.41) is 13.6. The highest BCUT2D eigenvalue weighted by Crippen LogP contribution is 2.23. The van der Waals surface area contributed by atoms with Crippen LogP contribution in [0.1, 0.15) is 35.2 Å². The lowest BCUT2D eigenvalue weighted by Gasteiger charge is -2.28. The molecule has 0 atom stereocenters. The number of halogens is 1. The summed E-state index contributed by atoms with van der Waals surface area (Å²) < 4.78 is 0. The van der Waals surface area contributed by atoms with Crippen LogP contribution in [-0.4, -0.2) is 23.9 Å². The van der Waals surface area contributed by atoms with Crippen molar-refractivity contribution in [1.29, 1.82) is 0 Å². The smallest absolute Gasteiger partial charge is 0.270 e. The van der Waals surface area contributed by atoms with Crippen LogP contribution in [-0.2, 0) is 6.54 Å². The summed E-state index contributed by atoms with van der Waals surface area (Å²) in [6.45, 7) is 2.55. The van der Waals surface area contributed by atoms with E-state index in [2.05, 4.69) is 22.3 Å². The third-order valence-corrected chi connectivity index (χ3v) is 4.83. The summed E-state index contributed by atoms with van der Waals surface area (Å²) in [4.78, 5) is 24.8. The number of nitro groups is 1. The number of nitrogens with one attached hydrogen (secondary N) is 1. The molecule has 0 bridgehead atoms. The van der Waals surface area contributed by atoms with Crippen LogP contribution < -0.4 is 10.2 Å². The summed E-state index contributed by atoms with van der Waals surface area (Å²) in [5.41, 5.74) is 2.28. The minimum Gasteiger partial charge on any atom is -0.372 e. The predicted octanol–water partition coefficient (Wildman–Crippen LogP) is 4.17. The molecule has 0 aliphatic carbocycles. The van der Waals surface area contributed by atoms with Crippen molar-refractivity contribution in [2.24, 2.45) is 0 Å². The molecule has 26 heavy (non-hydrogen) atoms. The number of hydrogen-bond donors (Lipinski definition) is 1. The SMILES string of the molecule is O=C(NCc1ccc(N2CCCCC2)cc1)c1ccc([N+](=O)[O-])cc1Cl. The maximum atomic E-state index is 12.3. The Morgan fingerprint density at radius 3 is 2.42 bits per heavy atom. The van der Waals surface area contributed by atoms with Crippen molar-refractivity contribution in [3.63, 3.8) is 0 Å². The van der Waals surface area contributed by atoms with Gasteiger partial charge in [-0.25, -0.2) is 0 Å². The van der Waals surface area contributed by atoms with Crippen molar-refractivity contribution < 1.29 is 9.72 Å². The van der Waals surface area contributed by atoms with E-state index >= 15 is 0 Å². The number of carbonyl (C=O) groups is 1. The molecule has 1 saturated heterocycles. The number of amides is 1. The summed E-state index contributed by atoms with van der Waals surface area (Å²) in [6.07, 6.45) is 3.76. The topological polar surface area (TPSA) is 75.5 Å². The number of rotatable bonds is 5. The molecular formula is C19H20ClN3O3. The van der Waals surface area contributed by atoms with Gasteiger partial charge in [0.05, 0.1) is 15.5 Å². The van der Waals surface area contributed by atoms with E-state index < -0.39 is 4.92 Å². The second-order valence-corrected chi connectivity index (χ2v) is 6.73. The van der Waals surface area contributed by atoms with Gasteiger partial charge in [0.1, 0.15) is 0 Å². The van der Waals surface area contributed by atoms with Crippen LogP contribution in [0.2, 0.25) is 5.02 Å². The highest BCUT2D eigenvalue weighted by molar-refractivity contribution is 6.34. The molecule has 136 valence electrons. The van der Waals surface area contributed by atoms with Gasteiger partial charge in [0.25, 0.3) is 11.6 Å². The highest BCUT2D eigenvalue weighted by atomic mass is 35.5. The third kappa shape index (κ3) is 4.32. The normalized spacial score (nSPS) is 14.1. The average Bonchev–Trinajstić information content (AvgIpc) is 2.67. The van der Waals surface area contributed by atoms with Gasteiger partial charge in [-0.2, -0.15) is 0 Å². The van der Waals surface area contributed by atoms with Gasteiger partial charge in [0.15, 0.2) is 0 Å². The number of piperidine rings is 1. The fourth-order valence-corrected chi connectivity index (χ4v) is 3.32. The number of hydrogen-bond acceptors (Lipinski definition) is 4. The van der Waals surface area contributed by atoms with Gasteiger partial charge in [0, 0.05) is 37.5 Å². The van der Waals surface area contributed by atoms with Gasteiger partial charge in [-0.1, -0.05) is 23.7 Å². The first-order valence-corrected chi connectivity index (χ1v) is 8.98.